The Balaban J connectivity index is 1.82. The van der Waals surface area contributed by atoms with E-state index in [2.05, 4.69) is 25.9 Å². The highest BCUT2D eigenvalue weighted by Gasteiger charge is 2.13. The van der Waals surface area contributed by atoms with Gasteiger partial charge in [0, 0.05) is 28.6 Å². The van der Waals surface area contributed by atoms with Crippen molar-refractivity contribution < 1.29 is 4.74 Å². The maximum absolute atomic E-state index is 12.6. The lowest BCUT2D eigenvalue weighted by Crippen LogP contribution is -2.25. The highest BCUT2D eigenvalue weighted by atomic mass is 79.9. The lowest BCUT2D eigenvalue weighted by molar-refractivity contribution is 0.294. The van der Waals surface area contributed by atoms with Gasteiger partial charge in [0.2, 0.25) is 0 Å². The van der Waals surface area contributed by atoms with Gasteiger partial charge in [0.05, 0.1) is 6.04 Å². The van der Waals surface area contributed by atoms with Gasteiger partial charge in [-0.2, -0.15) is 0 Å². The van der Waals surface area contributed by atoms with Crippen molar-refractivity contribution in [1.82, 2.24) is 14.5 Å². The molecule has 2 aromatic heterocycles. The van der Waals surface area contributed by atoms with Crippen LogP contribution in [0.3, 0.4) is 0 Å². The Morgan fingerprint density at radius 3 is 2.48 bits per heavy atom. The van der Waals surface area contributed by atoms with E-state index < -0.39 is 0 Å². The predicted octanol–water partition coefficient (Wildman–Crippen LogP) is 3.90. The number of nitrogens with zero attached hydrogens (tertiary/aromatic N) is 3. The van der Waals surface area contributed by atoms with Crippen molar-refractivity contribution in [2.24, 2.45) is 0 Å². The number of halogens is 1. The third-order valence-corrected chi connectivity index (χ3v) is 4.49. The number of ether oxygens (including phenoxy) is 1. The summed E-state index contributed by atoms with van der Waals surface area (Å²) in [6, 6.07) is 13.0. The zero-order valence-electron chi connectivity index (χ0n) is 14.0. The molecular weight excluding hydrogens is 382 g/mol. The normalized spacial score (nSPS) is 12.0. The molecule has 0 spiro atoms. The first kappa shape index (κ1) is 17.4. The SMILES string of the molecule is Cc1cc(OCc2ncccn2)cc(=O)n1[C@H](C)c1ccc(Br)cc1. The lowest BCUT2D eigenvalue weighted by Gasteiger charge is -2.19. The third kappa shape index (κ3) is 4.14. The van der Waals surface area contributed by atoms with Crippen molar-refractivity contribution in [2.45, 2.75) is 26.5 Å². The molecule has 0 fully saturated rings. The van der Waals surface area contributed by atoms with Gasteiger partial charge in [-0.3, -0.25) is 4.79 Å². The van der Waals surface area contributed by atoms with Crippen molar-refractivity contribution in [3.63, 3.8) is 0 Å². The summed E-state index contributed by atoms with van der Waals surface area (Å²) in [6.07, 6.45) is 3.32. The van der Waals surface area contributed by atoms with E-state index in [-0.39, 0.29) is 18.2 Å². The Morgan fingerprint density at radius 2 is 1.84 bits per heavy atom. The molecule has 3 aromatic rings. The van der Waals surface area contributed by atoms with Crippen LogP contribution in [0, 0.1) is 6.92 Å². The summed E-state index contributed by atoms with van der Waals surface area (Å²) in [5.74, 6) is 1.10. The molecule has 0 N–H and O–H groups in total. The molecule has 0 saturated heterocycles. The van der Waals surface area contributed by atoms with Crippen molar-refractivity contribution in [1.29, 1.82) is 0 Å². The monoisotopic (exact) mass is 399 g/mol. The standard InChI is InChI=1S/C19H18BrN3O2/c1-13-10-17(25-12-18-21-8-3-9-22-18)11-19(24)23(13)14(2)15-4-6-16(20)7-5-15/h3-11,14H,12H2,1-2H3/t14-/m1/s1. The second kappa shape index (κ2) is 7.61. The highest BCUT2D eigenvalue weighted by Crippen LogP contribution is 2.22. The molecule has 6 heteroatoms. The maximum Gasteiger partial charge on any atom is 0.254 e. The first-order valence-corrected chi connectivity index (χ1v) is 8.71. The second-order valence-electron chi connectivity index (χ2n) is 5.72. The summed E-state index contributed by atoms with van der Waals surface area (Å²) in [6.45, 7) is 4.14. The van der Waals surface area contributed by atoms with E-state index in [0.717, 1.165) is 15.7 Å². The first-order chi connectivity index (χ1) is 12.0. The van der Waals surface area contributed by atoms with E-state index in [4.69, 9.17) is 4.74 Å². The summed E-state index contributed by atoms with van der Waals surface area (Å²) in [5.41, 5.74) is 1.81. The van der Waals surface area contributed by atoms with Gasteiger partial charge >= 0.3 is 0 Å². The van der Waals surface area contributed by atoms with Gasteiger partial charge in [-0.1, -0.05) is 28.1 Å². The average Bonchev–Trinajstić information content (AvgIpc) is 2.61. The lowest BCUT2D eigenvalue weighted by atomic mass is 10.1. The first-order valence-electron chi connectivity index (χ1n) is 7.92. The topological polar surface area (TPSA) is 57.0 Å². The Labute approximate surface area is 154 Å². The van der Waals surface area contributed by atoms with E-state index in [1.54, 1.807) is 23.0 Å². The summed E-state index contributed by atoms with van der Waals surface area (Å²) < 4.78 is 8.44. The molecule has 5 nitrogen and oxygen atoms in total. The van der Waals surface area contributed by atoms with Crippen LogP contribution in [0.4, 0.5) is 0 Å². The van der Waals surface area contributed by atoms with Gasteiger partial charge < -0.3 is 9.30 Å². The summed E-state index contributed by atoms with van der Waals surface area (Å²) in [7, 11) is 0. The number of hydrogen-bond acceptors (Lipinski definition) is 4. The summed E-state index contributed by atoms with van der Waals surface area (Å²) in [5, 5.41) is 0. The molecule has 1 atom stereocenters. The molecule has 0 amide bonds. The molecule has 0 unspecified atom stereocenters. The molecule has 0 aliphatic rings. The molecule has 0 radical (unpaired) electrons. The van der Waals surface area contributed by atoms with Crippen LogP contribution in [0.15, 0.2) is 64.1 Å². The van der Waals surface area contributed by atoms with Crippen molar-refractivity contribution in [3.8, 4) is 5.75 Å². The van der Waals surface area contributed by atoms with Crippen LogP contribution in [0.2, 0.25) is 0 Å². The van der Waals surface area contributed by atoms with Crippen molar-refractivity contribution >= 4 is 15.9 Å². The minimum atomic E-state index is -0.0978. The number of benzene rings is 1. The van der Waals surface area contributed by atoms with Crippen LogP contribution < -0.4 is 10.3 Å². The molecule has 0 saturated carbocycles. The number of aryl methyl sites for hydroxylation is 1. The third-order valence-electron chi connectivity index (χ3n) is 3.96. The van der Waals surface area contributed by atoms with Gasteiger partial charge in [-0.15, -0.1) is 0 Å². The molecule has 2 heterocycles. The molecule has 0 bridgehead atoms. The van der Waals surface area contributed by atoms with E-state index in [9.17, 15) is 4.79 Å². The number of aromatic nitrogens is 3. The summed E-state index contributed by atoms with van der Waals surface area (Å²) >= 11 is 3.43. The van der Waals surface area contributed by atoms with E-state index in [1.165, 1.54) is 6.07 Å². The van der Waals surface area contributed by atoms with Gasteiger partial charge in [0.1, 0.15) is 12.4 Å². The maximum atomic E-state index is 12.6. The van der Waals surface area contributed by atoms with Crippen LogP contribution in [0.25, 0.3) is 0 Å². The average molecular weight is 400 g/mol. The minimum Gasteiger partial charge on any atom is -0.485 e. The molecular formula is C19H18BrN3O2. The highest BCUT2D eigenvalue weighted by molar-refractivity contribution is 9.10. The van der Waals surface area contributed by atoms with E-state index in [1.807, 2.05) is 44.2 Å². The fraction of sp³-hybridized carbons (Fsp3) is 0.211. The Bertz CT molecular complexity index is 908. The Kier molecular flexibility index (Phi) is 5.28. The number of hydrogen-bond donors (Lipinski definition) is 0. The van der Waals surface area contributed by atoms with Gasteiger partial charge in [-0.25, -0.2) is 9.97 Å². The van der Waals surface area contributed by atoms with Crippen LogP contribution >= 0.6 is 15.9 Å². The Morgan fingerprint density at radius 1 is 1.16 bits per heavy atom. The molecule has 128 valence electrons. The number of pyridine rings is 1. The van der Waals surface area contributed by atoms with Crippen LogP contribution in [-0.4, -0.2) is 14.5 Å². The fourth-order valence-corrected chi connectivity index (χ4v) is 2.97. The number of rotatable bonds is 5. The second-order valence-corrected chi connectivity index (χ2v) is 6.64. The predicted molar refractivity (Wildman–Crippen MR) is 99.8 cm³/mol. The molecule has 0 aliphatic heterocycles. The van der Waals surface area contributed by atoms with E-state index in [0.29, 0.717) is 11.6 Å². The largest absolute Gasteiger partial charge is 0.485 e. The smallest absolute Gasteiger partial charge is 0.254 e. The quantitative estimate of drug-likeness (QED) is 0.652. The zero-order chi connectivity index (χ0) is 17.8. The molecule has 0 aliphatic carbocycles. The fourth-order valence-electron chi connectivity index (χ4n) is 2.70. The molecule has 1 aromatic carbocycles. The zero-order valence-corrected chi connectivity index (χ0v) is 15.6. The summed E-state index contributed by atoms with van der Waals surface area (Å²) in [4.78, 5) is 20.8. The minimum absolute atomic E-state index is 0.0629. The van der Waals surface area contributed by atoms with Crippen molar-refractivity contribution in [3.05, 3.63) is 86.8 Å². The van der Waals surface area contributed by atoms with E-state index >= 15 is 0 Å². The van der Waals surface area contributed by atoms with Crippen LogP contribution in [0.5, 0.6) is 5.75 Å². The molecule has 3 rings (SSSR count). The Hall–Kier alpha value is -2.47. The van der Waals surface area contributed by atoms with Gasteiger partial charge in [-0.05, 0) is 43.7 Å². The van der Waals surface area contributed by atoms with Gasteiger partial charge in [0.25, 0.3) is 5.56 Å². The van der Waals surface area contributed by atoms with Gasteiger partial charge in [0.15, 0.2) is 5.82 Å². The van der Waals surface area contributed by atoms with Crippen LogP contribution in [0.1, 0.15) is 30.0 Å². The van der Waals surface area contributed by atoms with Crippen LogP contribution in [-0.2, 0) is 6.61 Å². The van der Waals surface area contributed by atoms with Crippen molar-refractivity contribution in [2.75, 3.05) is 0 Å². The molecule has 25 heavy (non-hydrogen) atoms.